The lowest BCUT2D eigenvalue weighted by atomic mass is 9.64. The average Bonchev–Trinajstić information content (AvgIpc) is 2.23. The molecule has 18 heavy (non-hydrogen) atoms. The summed E-state index contributed by atoms with van der Waals surface area (Å²) in [5, 5.41) is 6.75. The number of carbonyl (C=O) groups excluding carboxylic acids is 1. The lowest BCUT2D eigenvalue weighted by Gasteiger charge is -2.43. The molecule has 1 saturated heterocycles. The molecule has 0 aromatic carbocycles. The number of hydrogen-bond donors (Lipinski definition) is 2. The van der Waals surface area contributed by atoms with Gasteiger partial charge < -0.3 is 10.6 Å². The molecule has 2 N–H and O–H groups in total. The summed E-state index contributed by atoms with van der Waals surface area (Å²) >= 11 is 0. The maximum Gasteiger partial charge on any atom is 0.226 e. The summed E-state index contributed by atoms with van der Waals surface area (Å²) in [5.41, 5.74) is -0.0255. The Morgan fingerprint density at radius 1 is 1.44 bits per heavy atom. The van der Waals surface area contributed by atoms with Crippen LogP contribution >= 0.6 is 0 Å². The number of carbonyl (C=O) groups is 1. The van der Waals surface area contributed by atoms with E-state index in [1.165, 1.54) is 6.42 Å². The van der Waals surface area contributed by atoms with Crippen LogP contribution in [0.15, 0.2) is 0 Å². The minimum Gasteiger partial charge on any atom is -0.353 e. The van der Waals surface area contributed by atoms with E-state index in [1.807, 2.05) is 0 Å². The summed E-state index contributed by atoms with van der Waals surface area (Å²) in [5.74, 6) is 0.949. The van der Waals surface area contributed by atoms with Crippen LogP contribution in [0.3, 0.4) is 0 Å². The second-order valence-electron chi connectivity index (χ2n) is 6.78. The summed E-state index contributed by atoms with van der Waals surface area (Å²) in [6.07, 6.45) is 6.62. The van der Waals surface area contributed by atoms with Crippen LogP contribution in [0.25, 0.3) is 0 Å². The minimum atomic E-state index is -0.0255. The van der Waals surface area contributed by atoms with Gasteiger partial charge in [0, 0.05) is 17.5 Å². The second kappa shape index (κ2) is 5.60. The van der Waals surface area contributed by atoms with Crippen LogP contribution in [0.4, 0.5) is 0 Å². The van der Waals surface area contributed by atoms with E-state index < -0.39 is 0 Å². The Balaban J connectivity index is 1.89. The van der Waals surface area contributed by atoms with Crippen molar-refractivity contribution in [3.8, 4) is 0 Å². The standard InChI is InChI=1S/C15H28N2O/c1-11(2)10-15(6-4-7-15)14(18)17-13-5-8-16-12(3)9-13/h11-13,16H,4-10H2,1-3H3,(H,17,18). The van der Waals surface area contributed by atoms with Crippen LogP contribution in [0, 0.1) is 11.3 Å². The highest BCUT2D eigenvalue weighted by Gasteiger charge is 2.44. The monoisotopic (exact) mass is 252 g/mol. The van der Waals surface area contributed by atoms with Crippen molar-refractivity contribution in [1.82, 2.24) is 10.6 Å². The molecule has 104 valence electrons. The summed E-state index contributed by atoms with van der Waals surface area (Å²) in [7, 11) is 0. The maximum absolute atomic E-state index is 12.5. The van der Waals surface area contributed by atoms with E-state index in [1.54, 1.807) is 0 Å². The number of piperidine rings is 1. The minimum absolute atomic E-state index is 0.0255. The molecule has 3 nitrogen and oxygen atoms in total. The Bertz CT molecular complexity index is 297. The van der Waals surface area contributed by atoms with Crippen molar-refractivity contribution >= 4 is 5.91 Å². The SMILES string of the molecule is CC(C)CC1(C(=O)NC2CCNC(C)C2)CCC1. The van der Waals surface area contributed by atoms with Crippen molar-refractivity contribution in [3.63, 3.8) is 0 Å². The zero-order valence-electron chi connectivity index (χ0n) is 12.1. The fourth-order valence-electron chi connectivity index (χ4n) is 3.51. The van der Waals surface area contributed by atoms with Crippen molar-refractivity contribution in [2.24, 2.45) is 11.3 Å². The van der Waals surface area contributed by atoms with Gasteiger partial charge in [0.25, 0.3) is 0 Å². The molecule has 1 aliphatic heterocycles. The Labute approximate surface area is 111 Å². The van der Waals surface area contributed by atoms with Gasteiger partial charge in [0.2, 0.25) is 5.91 Å². The van der Waals surface area contributed by atoms with Crippen LogP contribution in [-0.4, -0.2) is 24.5 Å². The quantitative estimate of drug-likeness (QED) is 0.807. The molecule has 2 unspecified atom stereocenters. The molecule has 2 fully saturated rings. The van der Waals surface area contributed by atoms with Crippen LogP contribution < -0.4 is 10.6 Å². The third-order valence-electron chi connectivity index (χ3n) is 4.55. The summed E-state index contributed by atoms with van der Waals surface area (Å²) in [6.45, 7) is 7.68. The first-order chi connectivity index (χ1) is 8.52. The molecule has 2 rings (SSSR count). The molecule has 2 atom stereocenters. The van der Waals surface area contributed by atoms with Gasteiger partial charge in [-0.25, -0.2) is 0 Å². The van der Waals surface area contributed by atoms with Gasteiger partial charge in [-0.2, -0.15) is 0 Å². The number of amides is 1. The molecule has 3 heteroatoms. The van der Waals surface area contributed by atoms with Gasteiger partial charge in [-0.15, -0.1) is 0 Å². The zero-order chi connectivity index (χ0) is 13.2. The molecule has 0 spiro atoms. The third-order valence-corrected chi connectivity index (χ3v) is 4.55. The normalized spacial score (nSPS) is 30.9. The second-order valence-corrected chi connectivity index (χ2v) is 6.78. The fourth-order valence-corrected chi connectivity index (χ4v) is 3.51. The van der Waals surface area contributed by atoms with E-state index in [4.69, 9.17) is 0 Å². The van der Waals surface area contributed by atoms with Crippen molar-refractivity contribution in [3.05, 3.63) is 0 Å². The Morgan fingerprint density at radius 3 is 2.67 bits per heavy atom. The highest BCUT2D eigenvalue weighted by molar-refractivity contribution is 5.83. The average molecular weight is 252 g/mol. The molecule has 1 amide bonds. The first-order valence-corrected chi connectivity index (χ1v) is 7.56. The highest BCUT2D eigenvalue weighted by atomic mass is 16.2. The van der Waals surface area contributed by atoms with Crippen LogP contribution in [-0.2, 0) is 4.79 Å². The van der Waals surface area contributed by atoms with Gasteiger partial charge in [-0.1, -0.05) is 20.3 Å². The maximum atomic E-state index is 12.5. The Morgan fingerprint density at radius 2 is 2.17 bits per heavy atom. The highest BCUT2D eigenvalue weighted by Crippen LogP contribution is 2.46. The lowest BCUT2D eigenvalue weighted by Crippen LogP contribution is -2.53. The fraction of sp³-hybridized carbons (Fsp3) is 0.933. The summed E-state index contributed by atoms with van der Waals surface area (Å²) < 4.78 is 0. The molecule has 2 aliphatic rings. The van der Waals surface area contributed by atoms with E-state index in [0.29, 0.717) is 23.9 Å². The smallest absolute Gasteiger partial charge is 0.226 e. The lowest BCUT2D eigenvalue weighted by molar-refractivity contribution is -0.138. The van der Waals surface area contributed by atoms with Gasteiger partial charge in [0.05, 0.1) is 0 Å². The van der Waals surface area contributed by atoms with E-state index in [-0.39, 0.29) is 5.41 Å². The van der Waals surface area contributed by atoms with Crippen molar-refractivity contribution in [2.75, 3.05) is 6.54 Å². The first-order valence-electron chi connectivity index (χ1n) is 7.56. The molecular weight excluding hydrogens is 224 g/mol. The van der Waals surface area contributed by atoms with E-state index >= 15 is 0 Å². The van der Waals surface area contributed by atoms with Crippen LogP contribution in [0.5, 0.6) is 0 Å². The molecule has 0 aromatic rings. The molecule has 1 heterocycles. The van der Waals surface area contributed by atoms with Gasteiger partial charge in [-0.05, 0) is 51.5 Å². The van der Waals surface area contributed by atoms with Crippen molar-refractivity contribution in [2.45, 2.75) is 71.4 Å². The van der Waals surface area contributed by atoms with Gasteiger partial charge >= 0.3 is 0 Å². The van der Waals surface area contributed by atoms with Gasteiger partial charge in [-0.3, -0.25) is 4.79 Å². The van der Waals surface area contributed by atoms with Crippen molar-refractivity contribution < 1.29 is 4.79 Å². The molecule has 0 aromatic heterocycles. The van der Waals surface area contributed by atoms with Crippen LogP contribution in [0.2, 0.25) is 0 Å². The number of hydrogen-bond acceptors (Lipinski definition) is 2. The van der Waals surface area contributed by atoms with Crippen LogP contribution in [0.1, 0.15) is 59.3 Å². The predicted octanol–water partition coefficient (Wildman–Crippen LogP) is 2.46. The van der Waals surface area contributed by atoms with E-state index in [9.17, 15) is 4.79 Å². The molecule has 1 aliphatic carbocycles. The largest absolute Gasteiger partial charge is 0.353 e. The van der Waals surface area contributed by atoms with Gasteiger partial charge in [0.15, 0.2) is 0 Å². The number of rotatable bonds is 4. The summed E-state index contributed by atoms with van der Waals surface area (Å²) in [4.78, 5) is 12.5. The third kappa shape index (κ3) is 3.05. The first kappa shape index (κ1) is 13.9. The Hall–Kier alpha value is -0.570. The molecule has 0 radical (unpaired) electrons. The predicted molar refractivity (Wildman–Crippen MR) is 74.4 cm³/mol. The topological polar surface area (TPSA) is 41.1 Å². The molecule has 0 bridgehead atoms. The van der Waals surface area contributed by atoms with E-state index in [0.717, 1.165) is 38.6 Å². The van der Waals surface area contributed by atoms with Crippen molar-refractivity contribution in [1.29, 1.82) is 0 Å². The summed E-state index contributed by atoms with van der Waals surface area (Å²) in [6, 6.07) is 0.921. The molecule has 1 saturated carbocycles. The number of nitrogens with one attached hydrogen (secondary N) is 2. The molecular formula is C15H28N2O. The van der Waals surface area contributed by atoms with E-state index in [2.05, 4.69) is 31.4 Å². The zero-order valence-corrected chi connectivity index (χ0v) is 12.1. The Kier molecular flexibility index (Phi) is 4.31. The van der Waals surface area contributed by atoms with Gasteiger partial charge in [0.1, 0.15) is 0 Å².